The van der Waals surface area contributed by atoms with Crippen LogP contribution in [-0.2, 0) is 4.74 Å². The second-order valence-corrected chi connectivity index (χ2v) is 3.98. The van der Waals surface area contributed by atoms with Crippen LogP contribution in [-0.4, -0.2) is 54.5 Å². The molecule has 1 aromatic heterocycles. The number of aryl methyl sites for hydroxylation is 1. The van der Waals surface area contributed by atoms with Gasteiger partial charge >= 0.3 is 6.09 Å². The number of aromatic nitrogens is 2. The zero-order valence-electron chi connectivity index (χ0n) is 10.1. The zero-order valence-corrected chi connectivity index (χ0v) is 10.1. The molecule has 17 heavy (non-hydrogen) atoms. The SMILES string of the molecule is COC(=O)N1CCN(c2ccc(C)nn2)CC1. The van der Waals surface area contributed by atoms with E-state index in [0.717, 1.165) is 24.6 Å². The first-order valence-corrected chi connectivity index (χ1v) is 5.59. The van der Waals surface area contributed by atoms with Gasteiger partial charge in [-0.05, 0) is 19.1 Å². The Balaban J connectivity index is 1.95. The minimum absolute atomic E-state index is 0.264. The monoisotopic (exact) mass is 236 g/mol. The quantitative estimate of drug-likeness (QED) is 0.717. The first-order chi connectivity index (χ1) is 8.20. The highest BCUT2D eigenvalue weighted by Crippen LogP contribution is 2.12. The average molecular weight is 236 g/mol. The minimum atomic E-state index is -0.264. The van der Waals surface area contributed by atoms with E-state index in [1.807, 2.05) is 19.1 Å². The summed E-state index contributed by atoms with van der Waals surface area (Å²) in [4.78, 5) is 15.1. The van der Waals surface area contributed by atoms with E-state index in [4.69, 9.17) is 0 Å². The molecule has 0 bridgehead atoms. The van der Waals surface area contributed by atoms with Crippen molar-refractivity contribution in [2.24, 2.45) is 0 Å². The summed E-state index contributed by atoms with van der Waals surface area (Å²) >= 11 is 0. The highest BCUT2D eigenvalue weighted by Gasteiger charge is 2.22. The van der Waals surface area contributed by atoms with Crippen molar-refractivity contribution in [3.05, 3.63) is 17.8 Å². The zero-order chi connectivity index (χ0) is 12.3. The van der Waals surface area contributed by atoms with Crippen LogP contribution >= 0.6 is 0 Å². The van der Waals surface area contributed by atoms with Gasteiger partial charge in [-0.15, -0.1) is 5.10 Å². The number of rotatable bonds is 1. The van der Waals surface area contributed by atoms with Crippen LogP contribution in [0.4, 0.5) is 10.6 Å². The summed E-state index contributed by atoms with van der Waals surface area (Å²) in [6.45, 7) is 4.73. The molecule has 1 fully saturated rings. The Labute approximate surface area is 100 Å². The predicted octanol–water partition coefficient (Wildman–Crippen LogP) is 0.673. The van der Waals surface area contributed by atoms with Gasteiger partial charge < -0.3 is 14.5 Å². The molecule has 92 valence electrons. The third-order valence-corrected chi connectivity index (χ3v) is 2.82. The van der Waals surface area contributed by atoms with Crippen LogP contribution in [0.5, 0.6) is 0 Å². The van der Waals surface area contributed by atoms with E-state index in [1.165, 1.54) is 7.11 Å². The molecule has 0 radical (unpaired) electrons. The van der Waals surface area contributed by atoms with Crippen molar-refractivity contribution < 1.29 is 9.53 Å². The maximum Gasteiger partial charge on any atom is 0.409 e. The predicted molar refractivity (Wildman–Crippen MR) is 63.0 cm³/mol. The molecule has 0 aliphatic carbocycles. The number of ether oxygens (including phenoxy) is 1. The first kappa shape index (κ1) is 11.6. The lowest BCUT2D eigenvalue weighted by Gasteiger charge is -2.34. The lowest BCUT2D eigenvalue weighted by molar-refractivity contribution is 0.121. The highest BCUT2D eigenvalue weighted by atomic mass is 16.5. The van der Waals surface area contributed by atoms with Crippen LogP contribution < -0.4 is 4.90 Å². The van der Waals surface area contributed by atoms with Gasteiger partial charge in [0.05, 0.1) is 12.8 Å². The number of amides is 1. The molecule has 0 N–H and O–H groups in total. The van der Waals surface area contributed by atoms with Crippen LogP contribution in [0.15, 0.2) is 12.1 Å². The number of anilines is 1. The van der Waals surface area contributed by atoms with Gasteiger partial charge in [0.25, 0.3) is 0 Å². The molecule has 0 saturated carbocycles. The average Bonchev–Trinajstić information content (AvgIpc) is 2.39. The largest absolute Gasteiger partial charge is 0.453 e. The van der Waals surface area contributed by atoms with Crippen molar-refractivity contribution in [2.45, 2.75) is 6.92 Å². The fraction of sp³-hybridized carbons (Fsp3) is 0.545. The van der Waals surface area contributed by atoms with Crippen molar-refractivity contribution in [1.29, 1.82) is 0 Å². The summed E-state index contributed by atoms with van der Waals surface area (Å²) in [5.41, 5.74) is 0.905. The molecule has 1 aliphatic heterocycles. The summed E-state index contributed by atoms with van der Waals surface area (Å²) in [5, 5.41) is 8.16. The van der Waals surface area contributed by atoms with Crippen molar-refractivity contribution in [2.75, 3.05) is 38.2 Å². The van der Waals surface area contributed by atoms with Crippen LogP contribution in [0, 0.1) is 6.92 Å². The molecule has 1 aliphatic rings. The van der Waals surface area contributed by atoms with Crippen molar-refractivity contribution in [1.82, 2.24) is 15.1 Å². The molecule has 1 amide bonds. The number of nitrogens with zero attached hydrogens (tertiary/aromatic N) is 4. The molecule has 0 aromatic carbocycles. The molecular formula is C11H16N4O2. The lowest BCUT2D eigenvalue weighted by Crippen LogP contribution is -2.49. The third-order valence-electron chi connectivity index (χ3n) is 2.82. The summed E-state index contributed by atoms with van der Waals surface area (Å²) < 4.78 is 4.69. The maximum atomic E-state index is 11.3. The second kappa shape index (κ2) is 4.99. The van der Waals surface area contributed by atoms with Crippen LogP contribution in [0.3, 0.4) is 0 Å². The standard InChI is InChI=1S/C11H16N4O2/c1-9-3-4-10(13-12-9)14-5-7-15(8-6-14)11(16)17-2/h3-4H,5-8H2,1-2H3. The molecule has 1 aromatic rings. The van der Waals surface area contributed by atoms with E-state index in [2.05, 4.69) is 19.8 Å². The molecular weight excluding hydrogens is 220 g/mol. The molecule has 0 spiro atoms. The Morgan fingerprint density at radius 2 is 1.94 bits per heavy atom. The van der Waals surface area contributed by atoms with E-state index in [1.54, 1.807) is 4.90 Å². The molecule has 2 heterocycles. The van der Waals surface area contributed by atoms with E-state index in [-0.39, 0.29) is 6.09 Å². The molecule has 0 unspecified atom stereocenters. The molecule has 0 atom stereocenters. The number of carbonyl (C=O) groups is 1. The Bertz CT molecular complexity index is 385. The molecule has 6 heteroatoms. The minimum Gasteiger partial charge on any atom is -0.453 e. The van der Waals surface area contributed by atoms with Gasteiger partial charge in [0.15, 0.2) is 5.82 Å². The third kappa shape index (κ3) is 2.64. The van der Waals surface area contributed by atoms with Crippen LogP contribution in [0.1, 0.15) is 5.69 Å². The number of methoxy groups -OCH3 is 1. The summed E-state index contributed by atoms with van der Waals surface area (Å²) in [7, 11) is 1.40. The molecule has 1 saturated heterocycles. The van der Waals surface area contributed by atoms with Crippen LogP contribution in [0.25, 0.3) is 0 Å². The van der Waals surface area contributed by atoms with E-state index in [0.29, 0.717) is 13.1 Å². The number of carbonyl (C=O) groups excluding carboxylic acids is 1. The van der Waals surface area contributed by atoms with Gasteiger partial charge in [-0.2, -0.15) is 5.10 Å². The Morgan fingerprint density at radius 1 is 1.24 bits per heavy atom. The van der Waals surface area contributed by atoms with Crippen LogP contribution in [0.2, 0.25) is 0 Å². The van der Waals surface area contributed by atoms with Gasteiger partial charge in [-0.25, -0.2) is 4.79 Å². The number of piperazine rings is 1. The molecule has 6 nitrogen and oxygen atoms in total. The normalized spacial score (nSPS) is 15.9. The summed E-state index contributed by atoms with van der Waals surface area (Å²) in [6, 6.07) is 3.89. The summed E-state index contributed by atoms with van der Waals surface area (Å²) in [5.74, 6) is 0.861. The van der Waals surface area contributed by atoms with Crippen molar-refractivity contribution in [3.63, 3.8) is 0 Å². The van der Waals surface area contributed by atoms with Gasteiger partial charge in [0, 0.05) is 26.2 Å². The topological polar surface area (TPSA) is 58.6 Å². The lowest BCUT2D eigenvalue weighted by atomic mass is 10.3. The van der Waals surface area contributed by atoms with Crippen molar-refractivity contribution in [3.8, 4) is 0 Å². The van der Waals surface area contributed by atoms with Gasteiger partial charge in [-0.3, -0.25) is 0 Å². The Morgan fingerprint density at radius 3 is 2.47 bits per heavy atom. The fourth-order valence-corrected chi connectivity index (χ4v) is 1.81. The van der Waals surface area contributed by atoms with E-state index >= 15 is 0 Å². The van der Waals surface area contributed by atoms with Gasteiger partial charge in [0.2, 0.25) is 0 Å². The maximum absolute atomic E-state index is 11.3. The second-order valence-electron chi connectivity index (χ2n) is 3.98. The van der Waals surface area contributed by atoms with Gasteiger partial charge in [-0.1, -0.05) is 0 Å². The fourth-order valence-electron chi connectivity index (χ4n) is 1.81. The smallest absolute Gasteiger partial charge is 0.409 e. The molecule has 2 rings (SSSR count). The van der Waals surface area contributed by atoms with Gasteiger partial charge in [0.1, 0.15) is 0 Å². The summed E-state index contributed by atoms with van der Waals surface area (Å²) in [6.07, 6.45) is -0.264. The van der Waals surface area contributed by atoms with E-state index in [9.17, 15) is 4.79 Å². The van der Waals surface area contributed by atoms with E-state index < -0.39 is 0 Å². The Kier molecular flexibility index (Phi) is 3.41. The van der Waals surface area contributed by atoms with Crippen molar-refractivity contribution >= 4 is 11.9 Å². The Hall–Kier alpha value is -1.85. The number of hydrogen-bond acceptors (Lipinski definition) is 5. The number of hydrogen-bond donors (Lipinski definition) is 0. The first-order valence-electron chi connectivity index (χ1n) is 5.59. The highest BCUT2D eigenvalue weighted by molar-refractivity contribution is 5.67.